The normalized spacial score (nSPS) is 18.8. The van der Waals surface area contributed by atoms with Crippen LogP contribution in [0.5, 0.6) is 0 Å². The molecule has 30 heavy (non-hydrogen) atoms. The topological polar surface area (TPSA) is 58.6 Å². The molecule has 6 heteroatoms. The highest BCUT2D eigenvalue weighted by molar-refractivity contribution is 5.82. The number of benzene rings is 2. The fourth-order valence-electron chi connectivity index (χ4n) is 3.96. The van der Waals surface area contributed by atoms with E-state index in [1.54, 1.807) is 23.1 Å². The van der Waals surface area contributed by atoms with E-state index < -0.39 is 0 Å². The predicted molar refractivity (Wildman–Crippen MR) is 113 cm³/mol. The number of hydrogen-bond donors (Lipinski definition) is 1. The van der Waals surface area contributed by atoms with Crippen LogP contribution in [0, 0.1) is 11.7 Å². The second-order valence-corrected chi connectivity index (χ2v) is 7.67. The van der Waals surface area contributed by atoms with Gasteiger partial charge in [0.1, 0.15) is 12.4 Å². The third-order valence-electron chi connectivity index (χ3n) is 5.72. The smallest absolute Gasteiger partial charge is 0.249 e. The van der Waals surface area contributed by atoms with Gasteiger partial charge in [-0.2, -0.15) is 0 Å². The summed E-state index contributed by atoms with van der Waals surface area (Å²) in [7, 11) is 1.49. The average molecular weight is 413 g/mol. The molecule has 1 saturated heterocycles. The number of amides is 2. The SMILES string of the molecule is CCc1ccc(C2CCC(C(=O)NCc3ccccc3F)CN2C(=O)COC)cc1. The van der Waals surface area contributed by atoms with Crippen LogP contribution in [0.1, 0.15) is 42.5 Å². The van der Waals surface area contributed by atoms with Gasteiger partial charge in [-0.3, -0.25) is 9.59 Å². The van der Waals surface area contributed by atoms with Crippen molar-refractivity contribution in [1.29, 1.82) is 0 Å². The summed E-state index contributed by atoms with van der Waals surface area (Å²) in [5.74, 6) is -0.959. The first-order valence-corrected chi connectivity index (χ1v) is 10.4. The Hall–Kier alpha value is -2.73. The molecule has 1 aliphatic rings. The second kappa shape index (κ2) is 10.3. The van der Waals surface area contributed by atoms with Gasteiger partial charge in [-0.15, -0.1) is 0 Å². The molecular formula is C24H29FN2O3. The minimum Gasteiger partial charge on any atom is -0.375 e. The van der Waals surface area contributed by atoms with E-state index in [0.29, 0.717) is 24.9 Å². The van der Waals surface area contributed by atoms with Gasteiger partial charge in [0.2, 0.25) is 11.8 Å². The largest absolute Gasteiger partial charge is 0.375 e. The number of rotatable bonds is 7. The van der Waals surface area contributed by atoms with Gasteiger partial charge in [0.05, 0.1) is 12.0 Å². The number of methoxy groups -OCH3 is 1. The maximum absolute atomic E-state index is 13.8. The van der Waals surface area contributed by atoms with E-state index in [4.69, 9.17) is 4.74 Å². The van der Waals surface area contributed by atoms with Crippen LogP contribution in [0.25, 0.3) is 0 Å². The van der Waals surface area contributed by atoms with Crippen LogP contribution in [0.2, 0.25) is 0 Å². The quantitative estimate of drug-likeness (QED) is 0.756. The van der Waals surface area contributed by atoms with Crippen molar-refractivity contribution in [2.45, 2.75) is 38.8 Å². The molecule has 2 aromatic rings. The number of halogens is 1. The lowest BCUT2D eigenvalue weighted by Gasteiger charge is -2.39. The first-order valence-electron chi connectivity index (χ1n) is 10.4. The molecule has 0 saturated carbocycles. The van der Waals surface area contributed by atoms with Gasteiger partial charge >= 0.3 is 0 Å². The van der Waals surface area contributed by atoms with Crippen LogP contribution in [-0.2, 0) is 27.3 Å². The second-order valence-electron chi connectivity index (χ2n) is 7.67. The summed E-state index contributed by atoms with van der Waals surface area (Å²) in [6.07, 6.45) is 2.32. The minimum absolute atomic E-state index is 0.0207. The first kappa shape index (κ1) is 22.0. The number of nitrogens with one attached hydrogen (secondary N) is 1. The lowest BCUT2D eigenvalue weighted by molar-refractivity contribution is -0.142. The summed E-state index contributed by atoms with van der Waals surface area (Å²) < 4.78 is 18.9. The number of aryl methyl sites for hydroxylation is 1. The average Bonchev–Trinajstić information content (AvgIpc) is 2.78. The van der Waals surface area contributed by atoms with Gasteiger partial charge in [0, 0.05) is 25.8 Å². The molecule has 0 bridgehead atoms. The highest BCUT2D eigenvalue weighted by atomic mass is 19.1. The summed E-state index contributed by atoms with van der Waals surface area (Å²) >= 11 is 0. The molecule has 160 valence electrons. The van der Waals surface area contributed by atoms with Crippen molar-refractivity contribution in [2.75, 3.05) is 20.3 Å². The van der Waals surface area contributed by atoms with Crippen molar-refractivity contribution in [3.8, 4) is 0 Å². The van der Waals surface area contributed by atoms with Crippen LogP contribution >= 0.6 is 0 Å². The zero-order valence-corrected chi connectivity index (χ0v) is 17.6. The molecule has 2 unspecified atom stereocenters. The van der Waals surface area contributed by atoms with Crippen LogP contribution in [0.4, 0.5) is 4.39 Å². The molecule has 3 rings (SSSR count). The molecule has 2 amide bonds. The lowest BCUT2D eigenvalue weighted by atomic mass is 9.88. The standard InChI is InChI=1S/C24H29FN2O3/c1-3-17-8-10-18(11-9-17)22-13-12-20(15-27(22)23(28)16-30-2)24(29)26-14-19-6-4-5-7-21(19)25/h4-11,20,22H,3,12-16H2,1-2H3,(H,26,29). The third-order valence-corrected chi connectivity index (χ3v) is 5.72. The van der Waals surface area contributed by atoms with Crippen molar-refractivity contribution in [3.05, 3.63) is 71.0 Å². The van der Waals surface area contributed by atoms with Gasteiger partial charge in [0.25, 0.3) is 0 Å². The number of ether oxygens (including phenoxy) is 1. The Labute approximate surface area is 177 Å². The fraction of sp³-hybridized carbons (Fsp3) is 0.417. The lowest BCUT2D eigenvalue weighted by Crippen LogP contribution is -2.47. The Bertz CT molecular complexity index is 869. The summed E-state index contributed by atoms with van der Waals surface area (Å²) in [4.78, 5) is 27.2. The van der Waals surface area contributed by atoms with Crippen LogP contribution in [-0.4, -0.2) is 37.0 Å². The highest BCUT2D eigenvalue weighted by Crippen LogP contribution is 2.34. The number of piperidine rings is 1. The van der Waals surface area contributed by atoms with E-state index in [9.17, 15) is 14.0 Å². The summed E-state index contributed by atoms with van der Waals surface area (Å²) in [5.41, 5.74) is 2.76. The van der Waals surface area contributed by atoms with E-state index in [-0.39, 0.29) is 42.7 Å². The molecule has 0 spiro atoms. The van der Waals surface area contributed by atoms with Crippen LogP contribution in [0.15, 0.2) is 48.5 Å². The first-order chi connectivity index (χ1) is 14.5. The molecule has 5 nitrogen and oxygen atoms in total. The van der Waals surface area contributed by atoms with Crippen molar-refractivity contribution in [1.82, 2.24) is 10.2 Å². The molecule has 1 N–H and O–H groups in total. The fourth-order valence-corrected chi connectivity index (χ4v) is 3.96. The van der Waals surface area contributed by atoms with Gasteiger partial charge in [-0.05, 0) is 36.5 Å². The summed E-state index contributed by atoms with van der Waals surface area (Å²) in [6, 6.07) is 14.6. The monoisotopic (exact) mass is 412 g/mol. The molecule has 1 heterocycles. The van der Waals surface area contributed by atoms with E-state index in [1.807, 2.05) is 0 Å². The molecule has 0 aromatic heterocycles. The zero-order chi connectivity index (χ0) is 21.5. The predicted octanol–water partition coefficient (Wildman–Crippen LogP) is 3.63. The van der Waals surface area contributed by atoms with Gasteiger partial charge < -0.3 is 15.0 Å². The van der Waals surface area contributed by atoms with Crippen molar-refractivity contribution >= 4 is 11.8 Å². The maximum atomic E-state index is 13.8. The molecule has 1 aliphatic heterocycles. The van der Waals surface area contributed by atoms with Gasteiger partial charge in [-0.25, -0.2) is 4.39 Å². The number of hydrogen-bond acceptors (Lipinski definition) is 3. The Kier molecular flexibility index (Phi) is 7.57. The Morgan fingerprint density at radius 1 is 1.13 bits per heavy atom. The van der Waals surface area contributed by atoms with Gasteiger partial charge in [0.15, 0.2) is 0 Å². The zero-order valence-electron chi connectivity index (χ0n) is 17.6. The number of nitrogens with zero attached hydrogens (tertiary/aromatic N) is 1. The molecule has 2 aromatic carbocycles. The summed E-state index contributed by atoms with van der Waals surface area (Å²) in [6.45, 7) is 2.54. The Morgan fingerprint density at radius 2 is 1.87 bits per heavy atom. The van der Waals surface area contributed by atoms with E-state index in [0.717, 1.165) is 12.0 Å². The van der Waals surface area contributed by atoms with Crippen LogP contribution < -0.4 is 5.32 Å². The number of carbonyl (C=O) groups excluding carboxylic acids is 2. The maximum Gasteiger partial charge on any atom is 0.249 e. The van der Waals surface area contributed by atoms with Crippen molar-refractivity contribution in [2.24, 2.45) is 5.92 Å². The van der Waals surface area contributed by atoms with E-state index in [1.165, 1.54) is 18.7 Å². The van der Waals surface area contributed by atoms with Crippen molar-refractivity contribution in [3.63, 3.8) is 0 Å². The number of likely N-dealkylation sites (tertiary alicyclic amines) is 1. The Morgan fingerprint density at radius 3 is 2.53 bits per heavy atom. The molecule has 0 aliphatic carbocycles. The molecule has 1 fully saturated rings. The van der Waals surface area contributed by atoms with E-state index >= 15 is 0 Å². The van der Waals surface area contributed by atoms with Gasteiger partial charge in [-0.1, -0.05) is 49.4 Å². The molecular weight excluding hydrogens is 383 g/mol. The summed E-state index contributed by atoms with van der Waals surface area (Å²) in [5, 5.41) is 2.82. The van der Waals surface area contributed by atoms with E-state index in [2.05, 4.69) is 36.5 Å². The van der Waals surface area contributed by atoms with Crippen molar-refractivity contribution < 1.29 is 18.7 Å². The minimum atomic E-state index is -0.339. The highest BCUT2D eigenvalue weighted by Gasteiger charge is 2.35. The molecule has 0 radical (unpaired) electrons. The van der Waals surface area contributed by atoms with Crippen LogP contribution in [0.3, 0.4) is 0 Å². The molecule has 2 atom stereocenters. The number of carbonyl (C=O) groups is 2. The Balaban J connectivity index is 1.69. The third kappa shape index (κ3) is 5.25.